The normalized spacial score (nSPS) is 12.5. The largest absolute Gasteiger partial charge is 0.316 e. The van der Waals surface area contributed by atoms with Gasteiger partial charge in [0.1, 0.15) is 12.2 Å². The molecule has 0 amide bonds. The van der Waals surface area contributed by atoms with Crippen LogP contribution in [0.5, 0.6) is 0 Å². The Balaban J connectivity index is 1.85. The van der Waals surface area contributed by atoms with E-state index in [0.29, 0.717) is 6.04 Å². The molecule has 20 heavy (non-hydrogen) atoms. The second-order valence-corrected chi connectivity index (χ2v) is 5.25. The van der Waals surface area contributed by atoms with Crippen molar-refractivity contribution in [1.29, 1.82) is 0 Å². The molecule has 1 atom stereocenters. The molecule has 1 N–H and O–H groups in total. The third-order valence-corrected chi connectivity index (χ3v) is 3.51. The van der Waals surface area contributed by atoms with E-state index in [1.165, 1.54) is 18.4 Å². The topological polar surface area (TPSA) is 42.7 Å². The van der Waals surface area contributed by atoms with Crippen LogP contribution in [0.1, 0.15) is 38.1 Å². The summed E-state index contributed by atoms with van der Waals surface area (Å²) in [6, 6.07) is 11.1. The van der Waals surface area contributed by atoms with E-state index in [4.69, 9.17) is 0 Å². The lowest BCUT2D eigenvalue weighted by atomic mass is 10.1. The minimum atomic E-state index is 0.527. The van der Waals surface area contributed by atoms with E-state index in [2.05, 4.69) is 58.2 Å². The van der Waals surface area contributed by atoms with Crippen molar-refractivity contribution >= 4 is 0 Å². The first kappa shape index (κ1) is 14.7. The van der Waals surface area contributed by atoms with E-state index < -0.39 is 0 Å². The fourth-order valence-electron chi connectivity index (χ4n) is 2.30. The molecule has 0 radical (unpaired) electrons. The van der Waals surface area contributed by atoms with Gasteiger partial charge in [-0.15, -0.1) is 10.2 Å². The molecular formula is C16H24N4. The zero-order valence-electron chi connectivity index (χ0n) is 12.4. The summed E-state index contributed by atoms with van der Waals surface area (Å²) in [6.07, 6.45) is 5.23. The maximum atomic E-state index is 4.21. The van der Waals surface area contributed by atoms with Gasteiger partial charge < -0.3 is 9.88 Å². The summed E-state index contributed by atoms with van der Waals surface area (Å²) in [4.78, 5) is 0. The van der Waals surface area contributed by atoms with Crippen LogP contribution in [-0.2, 0) is 19.5 Å². The van der Waals surface area contributed by atoms with Crippen molar-refractivity contribution in [3.63, 3.8) is 0 Å². The first-order valence-corrected chi connectivity index (χ1v) is 7.43. The van der Waals surface area contributed by atoms with E-state index in [-0.39, 0.29) is 0 Å². The molecule has 0 saturated heterocycles. The first-order chi connectivity index (χ1) is 9.79. The van der Waals surface area contributed by atoms with Gasteiger partial charge in [0.2, 0.25) is 0 Å². The second kappa shape index (κ2) is 7.80. The van der Waals surface area contributed by atoms with Crippen LogP contribution in [0, 0.1) is 0 Å². The standard InChI is InChI=1S/C16H24N4/c1-3-7-14(2)17-12-16-19-18-13-20(16)11-10-15-8-5-4-6-9-15/h4-6,8-9,13-14,17H,3,7,10-12H2,1-2H3. The highest BCUT2D eigenvalue weighted by atomic mass is 15.3. The van der Waals surface area contributed by atoms with E-state index in [0.717, 1.165) is 25.3 Å². The highest BCUT2D eigenvalue weighted by Crippen LogP contribution is 2.04. The highest BCUT2D eigenvalue weighted by Gasteiger charge is 2.06. The lowest BCUT2D eigenvalue weighted by Gasteiger charge is -2.13. The van der Waals surface area contributed by atoms with Crippen molar-refractivity contribution in [3.8, 4) is 0 Å². The van der Waals surface area contributed by atoms with E-state index >= 15 is 0 Å². The lowest BCUT2D eigenvalue weighted by molar-refractivity contribution is 0.487. The van der Waals surface area contributed by atoms with Gasteiger partial charge in [-0.05, 0) is 25.3 Å². The Bertz CT molecular complexity index is 492. The van der Waals surface area contributed by atoms with Gasteiger partial charge in [0.25, 0.3) is 0 Å². The van der Waals surface area contributed by atoms with Crippen molar-refractivity contribution in [3.05, 3.63) is 48.0 Å². The zero-order chi connectivity index (χ0) is 14.2. The molecule has 0 bridgehead atoms. The fourth-order valence-corrected chi connectivity index (χ4v) is 2.30. The van der Waals surface area contributed by atoms with Gasteiger partial charge in [-0.25, -0.2) is 0 Å². The number of hydrogen-bond acceptors (Lipinski definition) is 3. The van der Waals surface area contributed by atoms with E-state index in [1.807, 2.05) is 12.4 Å². The van der Waals surface area contributed by atoms with Crippen molar-refractivity contribution in [1.82, 2.24) is 20.1 Å². The summed E-state index contributed by atoms with van der Waals surface area (Å²) in [5.41, 5.74) is 1.35. The van der Waals surface area contributed by atoms with Crippen LogP contribution in [0.15, 0.2) is 36.7 Å². The number of nitrogens with one attached hydrogen (secondary N) is 1. The average Bonchev–Trinajstić information content (AvgIpc) is 2.92. The molecule has 2 aromatic rings. The predicted octanol–water partition coefficient (Wildman–Crippen LogP) is 2.80. The van der Waals surface area contributed by atoms with Crippen LogP contribution < -0.4 is 5.32 Å². The molecule has 1 unspecified atom stereocenters. The van der Waals surface area contributed by atoms with Crippen LogP contribution in [0.4, 0.5) is 0 Å². The second-order valence-electron chi connectivity index (χ2n) is 5.25. The van der Waals surface area contributed by atoms with E-state index in [9.17, 15) is 0 Å². The van der Waals surface area contributed by atoms with Crippen molar-refractivity contribution < 1.29 is 0 Å². The summed E-state index contributed by atoms with van der Waals surface area (Å²) in [6.45, 7) is 6.14. The van der Waals surface area contributed by atoms with Gasteiger partial charge in [0, 0.05) is 12.6 Å². The summed E-state index contributed by atoms with van der Waals surface area (Å²) in [7, 11) is 0. The molecule has 0 aliphatic heterocycles. The van der Waals surface area contributed by atoms with Crippen LogP contribution in [-0.4, -0.2) is 20.8 Å². The molecule has 0 spiro atoms. The zero-order valence-corrected chi connectivity index (χ0v) is 12.4. The highest BCUT2D eigenvalue weighted by molar-refractivity contribution is 5.14. The third-order valence-electron chi connectivity index (χ3n) is 3.51. The first-order valence-electron chi connectivity index (χ1n) is 7.43. The number of hydrogen-bond donors (Lipinski definition) is 1. The molecule has 1 aromatic heterocycles. The Labute approximate surface area is 121 Å². The minimum absolute atomic E-state index is 0.527. The van der Waals surface area contributed by atoms with Crippen molar-refractivity contribution in [2.24, 2.45) is 0 Å². The van der Waals surface area contributed by atoms with Crippen LogP contribution >= 0.6 is 0 Å². The average molecular weight is 272 g/mol. The number of nitrogens with zero attached hydrogens (tertiary/aromatic N) is 3. The molecule has 0 fully saturated rings. The molecule has 1 aromatic carbocycles. The predicted molar refractivity (Wildman–Crippen MR) is 81.4 cm³/mol. The van der Waals surface area contributed by atoms with Crippen molar-refractivity contribution in [2.45, 2.75) is 52.2 Å². The van der Waals surface area contributed by atoms with Gasteiger partial charge in [-0.3, -0.25) is 0 Å². The molecular weight excluding hydrogens is 248 g/mol. The third kappa shape index (κ3) is 4.46. The summed E-state index contributed by atoms with van der Waals surface area (Å²) >= 11 is 0. The summed E-state index contributed by atoms with van der Waals surface area (Å²) in [5.74, 6) is 1.02. The quantitative estimate of drug-likeness (QED) is 0.803. The fraction of sp³-hybridized carbons (Fsp3) is 0.500. The van der Waals surface area contributed by atoms with Gasteiger partial charge in [-0.1, -0.05) is 43.7 Å². The van der Waals surface area contributed by atoms with Crippen molar-refractivity contribution in [2.75, 3.05) is 0 Å². The van der Waals surface area contributed by atoms with Gasteiger partial charge in [0.05, 0.1) is 6.54 Å². The summed E-state index contributed by atoms with van der Waals surface area (Å²) in [5, 5.41) is 11.7. The smallest absolute Gasteiger partial charge is 0.146 e. The Morgan fingerprint density at radius 2 is 2.05 bits per heavy atom. The number of benzene rings is 1. The molecule has 4 heteroatoms. The van der Waals surface area contributed by atoms with Gasteiger partial charge >= 0.3 is 0 Å². The van der Waals surface area contributed by atoms with Gasteiger partial charge in [-0.2, -0.15) is 0 Å². The Morgan fingerprint density at radius 3 is 2.80 bits per heavy atom. The molecule has 0 aliphatic carbocycles. The SMILES string of the molecule is CCCC(C)NCc1nncn1CCc1ccccc1. The number of aromatic nitrogens is 3. The van der Waals surface area contributed by atoms with Crippen LogP contribution in [0.3, 0.4) is 0 Å². The lowest BCUT2D eigenvalue weighted by Crippen LogP contribution is -2.26. The number of rotatable bonds is 8. The molecule has 2 rings (SSSR count). The molecule has 1 heterocycles. The van der Waals surface area contributed by atoms with Crippen LogP contribution in [0.25, 0.3) is 0 Å². The maximum Gasteiger partial charge on any atom is 0.146 e. The Kier molecular flexibility index (Phi) is 5.74. The van der Waals surface area contributed by atoms with Crippen LogP contribution in [0.2, 0.25) is 0 Å². The minimum Gasteiger partial charge on any atom is -0.316 e. The monoisotopic (exact) mass is 272 g/mol. The van der Waals surface area contributed by atoms with Gasteiger partial charge in [0.15, 0.2) is 0 Å². The summed E-state index contributed by atoms with van der Waals surface area (Å²) < 4.78 is 2.14. The maximum absolute atomic E-state index is 4.21. The Hall–Kier alpha value is -1.68. The van der Waals surface area contributed by atoms with E-state index in [1.54, 1.807) is 0 Å². The Morgan fingerprint density at radius 1 is 1.25 bits per heavy atom. The molecule has 0 aliphatic rings. The molecule has 4 nitrogen and oxygen atoms in total. The molecule has 0 saturated carbocycles. The number of aryl methyl sites for hydroxylation is 2. The molecule has 108 valence electrons.